The van der Waals surface area contributed by atoms with Crippen molar-refractivity contribution in [2.75, 3.05) is 0 Å². The van der Waals surface area contributed by atoms with Gasteiger partial charge in [0.25, 0.3) is 0 Å². The molecule has 1 aliphatic rings. The van der Waals surface area contributed by atoms with Crippen LogP contribution < -0.4 is 0 Å². The van der Waals surface area contributed by atoms with Crippen molar-refractivity contribution in [3.63, 3.8) is 0 Å². The van der Waals surface area contributed by atoms with E-state index in [4.69, 9.17) is 9.97 Å². The van der Waals surface area contributed by atoms with Crippen LogP contribution in [-0.2, 0) is 5.41 Å². The van der Waals surface area contributed by atoms with E-state index in [0.717, 1.165) is 38.9 Å². The maximum Gasteiger partial charge on any atom is 0.235 e. The molecule has 3 heterocycles. The zero-order valence-electron chi connectivity index (χ0n) is 24.0. The van der Waals surface area contributed by atoms with Crippen LogP contribution in [0.25, 0.3) is 66.7 Å². The van der Waals surface area contributed by atoms with E-state index in [2.05, 4.69) is 151 Å². The van der Waals surface area contributed by atoms with Crippen LogP contribution in [-0.4, -0.2) is 19.1 Å². The summed E-state index contributed by atoms with van der Waals surface area (Å²) in [6.07, 6.45) is 4.32. The van der Waals surface area contributed by atoms with Gasteiger partial charge in [-0.05, 0) is 46.5 Å². The number of hydrogen-bond donors (Lipinski definition) is 0. The first-order valence-corrected chi connectivity index (χ1v) is 14.8. The lowest BCUT2D eigenvalue weighted by atomic mass is 9.79. The average Bonchev–Trinajstić information content (AvgIpc) is 3.70. The Balaban J connectivity index is 1.39. The Hall–Kier alpha value is -5.48. The summed E-state index contributed by atoms with van der Waals surface area (Å²) in [7, 11) is 0. The van der Waals surface area contributed by atoms with E-state index in [0.29, 0.717) is 5.95 Å². The molecule has 4 nitrogen and oxygen atoms in total. The van der Waals surface area contributed by atoms with Crippen molar-refractivity contribution in [3.05, 3.63) is 145 Å². The molecule has 4 heteroatoms. The number of rotatable bonds is 3. The summed E-state index contributed by atoms with van der Waals surface area (Å²) >= 11 is 0. The summed E-state index contributed by atoms with van der Waals surface area (Å²) < 4.78 is 4.39. The van der Waals surface area contributed by atoms with E-state index in [1.807, 2.05) is 6.07 Å². The highest BCUT2D eigenvalue weighted by molar-refractivity contribution is 6.09. The maximum absolute atomic E-state index is 5.47. The zero-order chi connectivity index (χ0) is 28.7. The maximum atomic E-state index is 5.47. The predicted molar refractivity (Wildman–Crippen MR) is 176 cm³/mol. The number of nitrogens with zero attached hydrogens (tertiary/aromatic N) is 4. The van der Waals surface area contributed by atoms with Crippen LogP contribution in [0, 0.1) is 0 Å². The second kappa shape index (κ2) is 8.76. The summed E-state index contributed by atoms with van der Waals surface area (Å²) in [5, 5.41) is 3.43. The van der Waals surface area contributed by atoms with Gasteiger partial charge in [-0.1, -0.05) is 111 Å². The van der Waals surface area contributed by atoms with Gasteiger partial charge in [0.15, 0.2) is 0 Å². The third kappa shape index (κ3) is 3.38. The molecule has 9 rings (SSSR count). The Morgan fingerprint density at radius 3 is 1.93 bits per heavy atom. The van der Waals surface area contributed by atoms with Gasteiger partial charge in [-0.25, -0.2) is 9.97 Å². The molecule has 0 fully saturated rings. The van der Waals surface area contributed by atoms with Gasteiger partial charge in [0.1, 0.15) is 0 Å². The van der Waals surface area contributed by atoms with Crippen LogP contribution in [0.2, 0.25) is 0 Å². The van der Waals surface area contributed by atoms with Crippen molar-refractivity contribution in [3.8, 4) is 34.0 Å². The molecular weight excluding hydrogens is 524 g/mol. The smallest absolute Gasteiger partial charge is 0.235 e. The molecule has 0 amide bonds. The third-order valence-corrected chi connectivity index (χ3v) is 9.16. The van der Waals surface area contributed by atoms with Crippen molar-refractivity contribution in [2.24, 2.45) is 0 Å². The Bertz CT molecular complexity index is 2320. The van der Waals surface area contributed by atoms with Crippen LogP contribution in [0.1, 0.15) is 25.0 Å². The average molecular weight is 553 g/mol. The van der Waals surface area contributed by atoms with Crippen LogP contribution in [0.3, 0.4) is 0 Å². The van der Waals surface area contributed by atoms with Crippen molar-refractivity contribution in [1.82, 2.24) is 19.1 Å². The molecule has 8 aromatic rings. The van der Waals surface area contributed by atoms with Crippen molar-refractivity contribution >= 4 is 32.7 Å². The van der Waals surface area contributed by atoms with Gasteiger partial charge < -0.3 is 4.57 Å². The predicted octanol–water partition coefficient (Wildman–Crippen LogP) is 9.49. The normalized spacial score (nSPS) is 13.5. The molecule has 0 aliphatic heterocycles. The quantitative estimate of drug-likeness (QED) is 0.219. The highest BCUT2D eigenvalue weighted by Gasteiger charge is 2.38. The molecule has 0 unspecified atom stereocenters. The lowest BCUT2D eigenvalue weighted by Crippen LogP contribution is -2.16. The number of fused-ring (bicyclic) bond motifs is 7. The molecule has 0 saturated heterocycles. The first-order valence-electron chi connectivity index (χ1n) is 14.8. The molecule has 0 saturated carbocycles. The Kier molecular flexibility index (Phi) is 4.92. The van der Waals surface area contributed by atoms with E-state index in [1.165, 1.54) is 33.0 Å². The number of benzene rings is 5. The lowest BCUT2D eigenvalue weighted by molar-refractivity contribution is 0.662. The fourth-order valence-corrected chi connectivity index (χ4v) is 7.25. The first kappa shape index (κ1) is 24.2. The van der Waals surface area contributed by atoms with Crippen LogP contribution in [0.5, 0.6) is 0 Å². The number of para-hydroxylation sites is 3. The summed E-state index contributed by atoms with van der Waals surface area (Å²) in [5.41, 5.74) is 11.4. The minimum absolute atomic E-state index is 0.172. The zero-order valence-corrected chi connectivity index (χ0v) is 24.0. The van der Waals surface area contributed by atoms with Crippen molar-refractivity contribution in [1.29, 1.82) is 0 Å². The van der Waals surface area contributed by atoms with Crippen LogP contribution in [0.4, 0.5) is 0 Å². The van der Waals surface area contributed by atoms with E-state index < -0.39 is 0 Å². The van der Waals surface area contributed by atoms with Crippen LogP contribution >= 0.6 is 0 Å². The van der Waals surface area contributed by atoms with Gasteiger partial charge in [-0.15, -0.1) is 0 Å². The standard InChI is InChI=1S/C39H28N4/c1-39(2)32-20-9-6-15-26(32)29-18-12-19-30(36(29)39)37-31-23-42(25-13-4-3-5-14-25)24-33(31)40-38(41-37)43-34-21-10-7-16-27(34)28-17-8-11-22-35(28)43/h3-24H,1-2H3. The summed E-state index contributed by atoms with van der Waals surface area (Å²) in [4.78, 5) is 10.7. The van der Waals surface area contributed by atoms with Gasteiger partial charge in [0, 0.05) is 45.2 Å². The number of aromatic nitrogens is 4. The molecule has 1 aliphatic carbocycles. The fraction of sp³-hybridized carbons (Fsp3) is 0.0769. The van der Waals surface area contributed by atoms with Crippen molar-refractivity contribution < 1.29 is 0 Å². The highest BCUT2D eigenvalue weighted by Crippen LogP contribution is 2.52. The highest BCUT2D eigenvalue weighted by atomic mass is 15.2. The second-order valence-corrected chi connectivity index (χ2v) is 11.9. The van der Waals surface area contributed by atoms with Gasteiger partial charge >= 0.3 is 0 Å². The SMILES string of the molecule is CC1(C)c2ccccc2-c2cccc(-c3nc(-n4c5ccccc5c5ccccc54)nc4cn(-c5ccccc5)cc34)c21. The van der Waals surface area contributed by atoms with E-state index in [9.17, 15) is 0 Å². The van der Waals surface area contributed by atoms with Crippen LogP contribution in [0.15, 0.2) is 134 Å². The number of hydrogen-bond acceptors (Lipinski definition) is 2. The molecule has 3 aromatic heterocycles. The largest absolute Gasteiger partial charge is 0.321 e. The lowest BCUT2D eigenvalue weighted by Gasteiger charge is -2.24. The molecule has 0 radical (unpaired) electrons. The van der Waals surface area contributed by atoms with E-state index in [-0.39, 0.29) is 5.41 Å². The minimum atomic E-state index is -0.172. The van der Waals surface area contributed by atoms with Gasteiger partial charge in [-0.2, -0.15) is 0 Å². The van der Waals surface area contributed by atoms with Crippen molar-refractivity contribution in [2.45, 2.75) is 19.3 Å². The molecule has 0 atom stereocenters. The van der Waals surface area contributed by atoms with Gasteiger partial charge in [-0.3, -0.25) is 4.57 Å². The second-order valence-electron chi connectivity index (χ2n) is 11.9. The molecule has 5 aromatic carbocycles. The van der Waals surface area contributed by atoms with E-state index in [1.54, 1.807) is 0 Å². The monoisotopic (exact) mass is 552 g/mol. The van der Waals surface area contributed by atoms with Gasteiger partial charge in [0.05, 0.1) is 22.2 Å². The Morgan fingerprint density at radius 2 is 1.16 bits per heavy atom. The fourth-order valence-electron chi connectivity index (χ4n) is 7.25. The summed E-state index contributed by atoms with van der Waals surface area (Å²) in [5.74, 6) is 0.677. The summed E-state index contributed by atoms with van der Waals surface area (Å²) in [6.45, 7) is 4.67. The minimum Gasteiger partial charge on any atom is -0.321 e. The van der Waals surface area contributed by atoms with E-state index >= 15 is 0 Å². The molecule has 0 spiro atoms. The first-order chi connectivity index (χ1) is 21.1. The Morgan fingerprint density at radius 1 is 0.535 bits per heavy atom. The Labute approximate surface area is 249 Å². The molecule has 0 bridgehead atoms. The molecule has 204 valence electrons. The topological polar surface area (TPSA) is 35.6 Å². The third-order valence-electron chi connectivity index (χ3n) is 9.16. The van der Waals surface area contributed by atoms with Gasteiger partial charge in [0.2, 0.25) is 5.95 Å². The molecular formula is C39H28N4. The molecule has 0 N–H and O–H groups in total. The molecule has 43 heavy (non-hydrogen) atoms. The summed E-state index contributed by atoms with van der Waals surface area (Å²) in [6, 6.07) is 43.0.